The molecular weight excluding hydrogens is 294 g/mol. The first-order chi connectivity index (χ1) is 11.2. The smallest absolute Gasteiger partial charge is 0.230 e. The molecule has 2 heterocycles. The summed E-state index contributed by atoms with van der Waals surface area (Å²) in [6.45, 7) is 5.38. The number of nitrogens with zero attached hydrogens (tertiary/aromatic N) is 3. The molecule has 1 fully saturated rings. The highest BCUT2D eigenvalue weighted by molar-refractivity contribution is 6.01. The monoisotopic (exact) mass is 313 g/mol. The fraction of sp³-hybridized carbons (Fsp3) is 0.294. The van der Waals surface area contributed by atoms with Crippen LogP contribution in [-0.2, 0) is 0 Å². The molecule has 1 aromatic heterocycles. The van der Waals surface area contributed by atoms with E-state index in [4.69, 9.17) is 9.47 Å². The van der Waals surface area contributed by atoms with E-state index >= 15 is 0 Å². The van der Waals surface area contributed by atoms with Crippen LogP contribution in [0, 0.1) is 0 Å². The van der Waals surface area contributed by atoms with E-state index in [-0.39, 0.29) is 0 Å². The molecule has 0 radical (unpaired) electrons. The minimum absolute atomic E-state index is 0.352. The highest BCUT2D eigenvalue weighted by Crippen LogP contribution is 2.33. The average Bonchev–Trinajstić information content (AvgIpc) is 3.28. The summed E-state index contributed by atoms with van der Waals surface area (Å²) in [4.78, 5) is 6.25. The maximum Gasteiger partial charge on any atom is 0.230 e. The summed E-state index contributed by atoms with van der Waals surface area (Å²) in [5.74, 6) is 2.07. The van der Waals surface area contributed by atoms with Gasteiger partial charge in [-0.15, -0.1) is 0 Å². The molecule has 0 aliphatic carbocycles. The van der Waals surface area contributed by atoms with E-state index in [1.807, 2.05) is 42.2 Å². The number of hydrogen-bond acceptors (Lipinski definition) is 5. The Hall–Kier alpha value is -2.76. The van der Waals surface area contributed by atoms with Crippen LogP contribution in [0.2, 0.25) is 0 Å². The number of benzene rings is 1. The van der Waals surface area contributed by atoms with Crippen LogP contribution in [0.1, 0.15) is 19.4 Å². The second-order valence-electron chi connectivity index (χ2n) is 5.26. The maximum atomic E-state index is 9.38. The zero-order valence-corrected chi connectivity index (χ0v) is 13.1. The number of hydrogen-bond donors (Lipinski definition) is 1. The van der Waals surface area contributed by atoms with Crippen molar-refractivity contribution in [2.45, 2.75) is 19.9 Å². The number of para-hydroxylation sites is 2. The van der Waals surface area contributed by atoms with E-state index < -0.39 is 0 Å². The largest absolute Gasteiger partial charge is 0.490 e. The molecule has 23 heavy (non-hydrogen) atoms. The highest BCUT2D eigenvalue weighted by atomic mass is 16.5. The molecule has 1 aliphatic heterocycles. The Morgan fingerprint density at radius 3 is 2.70 bits per heavy atom. The Balaban J connectivity index is 1.92. The number of pyridine rings is 1. The van der Waals surface area contributed by atoms with Crippen LogP contribution in [0.4, 0.5) is 0 Å². The number of amidine groups is 1. The van der Waals surface area contributed by atoms with Crippen molar-refractivity contribution in [2.24, 2.45) is 5.16 Å². The second kappa shape index (κ2) is 6.56. The van der Waals surface area contributed by atoms with Gasteiger partial charge in [-0.1, -0.05) is 17.3 Å². The molecule has 1 atom stereocenters. The molecule has 6 heteroatoms. The fourth-order valence-corrected chi connectivity index (χ4v) is 2.35. The van der Waals surface area contributed by atoms with E-state index in [2.05, 4.69) is 17.1 Å². The topological polar surface area (TPSA) is 67.0 Å². The molecule has 1 unspecified atom stereocenters. The molecule has 0 amide bonds. The maximum absolute atomic E-state index is 9.38. The van der Waals surface area contributed by atoms with Gasteiger partial charge in [-0.2, -0.15) is 0 Å². The minimum Gasteiger partial charge on any atom is -0.490 e. The predicted octanol–water partition coefficient (Wildman–Crippen LogP) is 3.11. The van der Waals surface area contributed by atoms with Gasteiger partial charge in [-0.05, 0) is 38.1 Å². The van der Waals surface area contributed by atoms with Gasteiger partial charge in [0.1, 0.15) is 0 Å². The Morgan fingerprint density at radius 2 is 2.04 bits per heavy atom. The highest BCUT2D eigenvalue weighted by Gasteiger charge is 2.35. The van der Waals surface area contributed by atoms with Crippen molar-refractivity contribution in [3.05, 3.63) is 48.2 Å². The van der Waals surface area contributed by atoms with Crippen molar-refractivity contribution in [3.63, 3.8) is 0 Å². The molecule has 2 aromatic rings. The van der Waals surface area contributed by atoms with Crippen LogP contribution in [-0.4, -0.2) is 40.1 Å². The van der Waals surface area contributed by atoms with Crippen LogP contribution in [0.15, 0.2) is 47.8 Å². The van der Waals surface area contributed by atoms with Crippen molar-refractivity contribution < 1.29 is 14.7 Å². The number of rotatable bonds is 5. The summed E-state index contributed by atoms with van der Waals surface area (Å²) in [6, 6.07) is 11.4. The van der Waals surface area contributed by atoms with E-state index in [0.717, 1.165) is 6.54 Å². The van der Waals surface area contributed by atoms with Crippen molar-refractivity contribution in [3.8, 4) is 17.4 Å². The first-order valence-electron chi connectivity index (χ1n) is 7.58. The number of aromatic nitrogens is 1. The molecule has 0 saturated carbocycles. The SMILES string of the molecule is CCOc1ccccc1Oc1ncccc1/C(=N/O)N1CC1C. The summed E-state index contributed by atoms with van der Waals surface area (Å²) < 4.78 is 11.5. The van der Waals surface area contributed by atoms with Gasteiger partial charge in [-0.25, -0.2) is 4.98 Å². The fourth-order valence-electron chi connectivity index (χ4n) is 2.35. The lowest BCUT2D eigenvalue weighted by atomic mass is 10.2. The Morgan fingerprint density at radius 1 is 1.30 bits per heavy atom. The van der Waals surface area contributed by atoms with Gasteiger partial charge >= 0.3 is 0 Å². The van der Waals surface area contributed by atoms with E-state index in [9.17, 15) is 5.21 Å². The first-order valence-corrected chi connectivity index (χ1v) is 7.58. The molecule has 6 nitrogen and oxygen atoms in total. The van der Waals surface area contributed by atoms with Gasteiger partial charge in [0.2, 0.25) is 5.88 Å². The lowest BCUT2D eigenvalue weighted by Gasteiger charge is -2.14. The summed E-state index contributed by atoms with van der Waals surface area (Å²) >= 11 is 0. The van der Waals surface area contributed by atoms with Crippen LogP contribution >= 0.6 is 0 Å². The van der Waals surface area contributed by atoms with E-state index in [1.165, 1.54) is 0 Å². The molecule has 0 bridgehead atoms. The lowest BCUT2D eigenvalue weighted by Crippen LogP contribution is -2.16. The van der Waals surface area contributed by atoms with Gasteiger partial charge in [0.25, 0.3) is 0 Å². The predicted molar refractivity (Wildman–Crippen MR) is 86.4 cm³/mol. The Bertz CT molecular complexity index is 718. The number of oxime groups is 1. The second-order valence-corrected chi connectivity index (χ2v) is 5.26. The minimum atomic E-state index is 0.352. The molecule has 1 saturated heterocycles. The van der Waals surface area contributed by atoms with Gasteiger partial charge in [0.05, 0.1) is 12.2 Å². The van der Waals surface area contributed by atoms with Gasteiger partial charge < -0.3 is 19.6 Å². The summed E-state index contributed by atoms with van der Waals surface area (Å²) in [6.07, 6.45) is 1.64. The van der Waals surface area contributed by atoms with Crippen molar-refractivity contribution in [2.75, 3.05) is 13.2 Å². The molecule has 1 aliphatic rings. The van der Waals surface area contributed by atoms with Gasteiger partial charge in [0, 0.05) is 18.8 Å². The third kappa shape index (κ3) is 3.21. The third-order valence-electron chi connectivity index (χ3n) is 3.59. The summed E-state index contributed by atoms with van der Waals surface area (Å²) in [7, 11) is 0. The average molecular weight is 313 g/mol. The normalized spacial score (nSPS) is 17.0. The molecule has 1 N–H and O–H groups in total. The molecular formula is C17H19N3O3. The van der Waals surface area contributed by atoms with E-state index in [1.54, 1.807) is 12.3 Å². The zero-order chi connectivity index (χ0) is 16.2. The first kappa shape index (κ1) is 15.1. The molecule has 1 aromatic carbocycles. The van der Waals surface area contributed by atoms with Crippen molar-refractivity contribution in [1.29, 1.82) is 0 Å². The van der Waals surface area contributed by atoms with Gasteiger partial charge in [-0.3, -0.25) is 0 Å². The summed E-state index contributed by atoms with van der Waals surface area (Å²) in [5.41, 5.74) is 0.644. The third-order valence-corrected chi connectivity index (χ3v) is 3.59. The molecule has 3 rings (SSSR count). The van der Waals surface area contributed by atoms with Crippen molar-refractivity contribution in [1.82, 2.24) is 9.88 Å². The zero-order valence-electron chi connectivity index (χ0n) is 13.1. The van der Waals surface area contributed by atoms with Crippen LogP contribution in [0.25, 0.3) is 0 Å². The molecule has 120 valence electrons. The number of ether oxygens (including phenoxy) is 2. The lowest BCUT2D eigenvalue weighted by molar-refractivity contribution is 0.312. The van der Waals surface area contributed by atoms with Crippen molar-refractivity contribution >= 4 is 5.84 Å². The van der Waals surface area contributed by atoms with Gasteiger partial charge in [0.15, 0.2) is 17.3 Å². The molecule has 0 spiro atoms. The Labute approximate surface area is 135 Å². The van der Waals surface area contributed by atoms with Crippen LogP contribution < -0.4 is 9.47 Å². The summed E-state index contributed by atoms with van der Waals surface area (Å²) in [5, 5.41) is 12.8. The Kier molecular flexibility index (Phi) is 4.32. The van der Waals surface area contributed by atoms with E-state index in [0.29, 0.717) is 41.4 Å². The van der Waals surface area contributed by atoms with Crippen LogP contribution in [0.3, 0.4) is 0 Å². The van der Waals surface area contributed by atoms with Crippen LogP contribution in [0.5, 0.6) is 17.4 Å². The standard InChI is InChI=1S/C17H19N3O3/c1-3-22-14-8-4-5-9-15(14)23-17-13(7-6-10-18-17)16(19-21)20-11-12(20)2/h4-10,12,21H,3,11H2,1-2H3/b19-16-. The quantitative estimate of drug-likeness (QED) is 0.302.